The maximum atomic E-state index is 13.4. The molecule has 1 aromatic rings. The highest BCUT2D eigenvalue weighted by molar-refractivity contribution is 5.21. The van der Waals surface area contributed by atoms with E-state index < -0.39 is 11.6 Å². The average Bonchev–Trinajstić information content (AvgIpc) is 3.00. The van der Waals surface area contributed by atoms with Gasteiger partial charge in [0.25, 0.3) is 0 Å². The normalized spacial score (nSPS) is 26.1. The summed E-state index contributed by atoms with van der Waals surface area (Å²) in [6, 6.07) is 4.98. The maximum Gasteiger partial charge on any atom is 0.159 e. The summed E-state index contributed by atoms with van der Waals surface area (Å²) in [5.41, 5.74) is 0.856. The van der Waals surface area contributed by atoms with Gasteiger partial charge in [0.15, 0.2) is 11.6 Å². The van der Waals surface area contributed by atoms with Crippen LogP contribution in [0, 0.1) is 11.6 Å². The number of likely N-dealkylation sites (tertiary alicyclic amines) is 1. The highest BCUT2D eigenvalue weighted by Crippen LogP contribution is 2.27. The second-order valence-electron chi connectivity index (χ2n) is 6.07. The number of benzene rings is 1. The number of hydrogen-bond acceptors (Lipinski definition) is 3. The van der Waals surface area contributed by atoms with E-state index in [9.17, 15) is 8.78 Å². The second-order valence-corrected chi connectivity index (χ2v) is 6.07. The number of nitrogens with zero attached hydrogens (tertiary/aromatic N) is 2. The number of rotatable bonds is 3. The van der Waals surface area contributed by atoms with Gasteiger partial charge in [-0.1, -0.05) is 6.07 Å². The summed E-state index contributed by atoms with van der Waals surface area (Å²) in [7, 11) is 0. The fourth-order valence-corrected chi connectivity index (χ4v) is 3.45. The summed E-state index contributed by atoms with van der Waals surface area (Å²) >= 11 is 0. The molecule has 2 aliphatic heterocycles. The Morgan fingerprint density at radius 2 is 1.90 bits per heavy atom. The minimum atomic E-state index is -0.772. The average molecular weight is 295 g/mol. The third-order valence-corrected chi connectivity index (χ3v) is 4.84. The summed E-state index contributed by atoms with van der Waals surface area (Å²) in [4.78, 5) is 4.92. The van der Waals surface area contributed by atoms with Gasteiger partial charge < -0.3 is 5.32 Å². The quantitative estimate of drug-likeness (QED) is 0.920. The van der Waals surface area contributed by atoms with Crippen LogP contribution in [-0.2, 0) is 0 Å². The van der Waals surface area contributed by atoms with Crippen molar-refractivity contribution in [1.82, 2.24) is 15.1 Å². The van der Waals surface area contributed by atoms with E-state index in [0.717, 1.165) is 51.3 Å². The Balaban J connectivity index is 1.63. The van der Waals surface area contributed by atoms with Crippen LogP contribution in [0.25, 0.3) is 0 Å². The molecule has 2 unspecified atom stereocenters. The molecule has 0 saturated carbocycles. The topological polar surface area (TPSA) is 18.5 Å². The van der Waals surface area contributed by atoms with Crippen LogP contribution >= 0.6 is 0 Å². The molecule has 0 amide bonds. The van der Waals surface area contributed by atoms with Gasteiger partial charge in [-0.05, 0) is 31.0 Å². The van der Waals surface area contributed by atoms with Crippen molar-refractivity contribution in [2.24, 2.45) is 0 Å². The minimum Gasteiger partial charge on any atom is -0.314 e. The first-order chi connectivity index (χ1) is 10.1. The van der Waals surface area contributed by atoms with Crippen molar-refractivity contribution in [1.29, 1.82) is 0 Å². The van der Waals surface area contributed by atoms with Crippen LogP contribution in [0.3, 0.4) is 0 Å². The summed E-state index contributed by atoms with van der Waals surface area (Å²) in [6.45, 7) is 8.46. The van der Waals surface area contributed by atoms with Crippen molar-refractivity contribution in [3.63, 3.8) is 0 Å². The van der Waals surface area contributed by atoms with Gasteiger partial charge >= 0.3 is 0 Å². The summed E-state index contributed by atoms with van der Waals surface area (Å²) < 4.78 is 26.4. The molecule has 0 bridgehead atoms. The lowest BCUT2D eigenvalue weighted by molar-refractivity contribution is 0.162. The molecule has 5 heteroatoms. The Morgan fingerprint density at radius 1 is 1.14 bits per heavy atom. The smallest absolute Gasteiger partial charge is 0.159 e. The Kier molecular flexibility index (Phi) is 4.52. The predicted molar refractivity (Wildman–Crippen MR) is 79.2 cm³/mol. The van der Waals surface area contributed by atoms with Gasteiger partial charge in [-0.3, -0.25) is 9.80 Å². The molecule has 2 atom stereocenters. The van der Waals surface area contributed by atoms with Crippen LogP contribution in [0.15, 0.2) is 18.2 Å². The zero-order chi connectivity index (χ0) is 14.8. The molecule has 2 aliphatic rings. The SMILES string of the molecule is CC(c1ccc(F)c(F)c1)N1CCC(N2CCNCC2)C1. The van der Waals surface area contributed by atoms with Crippen molar-refractivity contribution in [2.45, 2.75) is 25.4 Å². The zero-order valence-corrected chi connectivity index (χ0v) is 12.5. The number of halogens is 2. The van der Waals surface area contributed by atoms with E-state index in [1.165, 1.54) is 12.1 Å². The van der Waals surface area contributed by atoms with Crippen LogP contribution in [-0.4, -0.2) is 55.1 Å². The Morgan fingerprint density at radius 3 is 2.62 bits per heavy atom. The van der Waals surface area contributed by atoms with Gasteiger partial charge in [-0.15, -0.1) is 0 Å². The molecule has 3 rings (SSSR count). The molecule has 116 valence electrons. The van der Waals surface area contributed by atoms with Crippen molar-refractivity contribution in [2.75, 3.05) is 39.3 Å². The van der Waals surface area contributed by atoms with Crippen LogP contribution < -0.4 is 5.32 Å². The zero-order valence-electron chi connectivity index (χ0n) is 12.5. The molecule has 2 fully saturated rings. The van der Waals surface area contributed by atoms with Crippen molar-refractivity contribution in [3.05, 3.63) is 35.4 Å². The summed E-state index contributed by atoms with van der Waals surface area (Å²) in [5, 5.41) is 3.38. The van der Waals surface area contributed by atoms with Gasteiger partial charge in [-0.2, -0.15) is 0 Å². The first-order valence-electron chi connectivity index (χ1n) is 7.79. The molecule has 21 heavy (non-hydrogen) atoms. The van der Waals surface area contributed by atoms with E-state index >= 15 is 0 Å². The Bertz CT molecular complexity index is 488. The van der Waals surface area contributed by atoms with E-state index in [1.54, 1.807) is 6.07 Å². The van der Waals surface area contributed by atoms with Gasteiger partial charge in [-0.25, -0.2) is 8.78 Å². The third-order valence-electron chi connectivity index (χ3n) is 4.84. The lowest BCUT2D eigenvalue weighted by atomic mass is 10.1. The fraction of sp³-hybridized carbons (Fsp3) is 0.625. The van der Waals surface area contributed by atoms with Gasteiger partial charge in [0.1, 0.15) is 0 Å². The monoisotopic (exact) mass is 295 g/mol. The van der Waals surface area contributed by atoms with Crippen molar-refractivity contribution in [3.8, 4) is 0 Å². The van der Waals surface area contributed by atoms with Crippen LogP contribution in [0.5, 0.6) is 0 Å². The molecule has 0 radical (unpaired) electrons. The van der Waals surface area contributed by atoms with Gasteiger partial charge in [0.05, 0.1) is 0 Å². The molecule has 2 saturated heterocycles. The number of piperazine rings is 1. The molecule has 0 spiro atoms. The van der Waals surface area contributed by atoms with E-state index in [-0.39, 0.29) is 6.04 Å². The Labute approximate surface area is 124 Å². The highest BCUT2D eigenvalue weighted by atomic mass is 19.2. The third kappa shape index (κ3) is 3.25. The number of nitrogens with one attached hydrogen (secondary N) is 1. The Hall–Kier alpha value is -1.04. The molecule has 1 N–H and O–H groups in total. The summed E-state index contributed by atoms with van der Waals surface area (Å²) in [6.07, 6.45) is 1.16. The molecular weight excluding hydrogens is 272 g/mol. The molecule has 0 aliphatic carbocycles. The van der Waals surface area contributed by atoms with E-state index in [2.05, 4.69) is 22.0 Å². The second kappa shape index (κ2) is 6.38. The summed E-state index contributed by atoms with van der Waals surface area (Å²) in [5.74, 6) is -1.52. The molecule has 2 heterocycles. The van der Waals surface area contributed by atoms with Crippen LogP contribution in [0.4, 0.5) is 8.78 Å². The first kappa shape index (κ1) is 14.9. The van der Waals surface area contributed by atoms with E-state index in [0.29, 0.717) is 6.04 Å². The highest BCUT2D eigenvalue weighted by Gasteiger charge is 2.31. The van der Waals surface area contributed by atoms with Crippen molar-refractivity contribution < 1.29 is 8.78 Å². The molecular formula is C16H23F2N3. The van der Waals surface area contributed by atoms with E-state index in [4.69, 9.17) is 0 Å². The van der Waals surface area contributed by atoms with Crippen LogP contribution in [0.2, 0.25) is 0 Å². The lowest BCUT2D eigenvalue weighted by Gasteiger charge is -2.33. The largest absolute Gasteiger partial charge is 0.314 e. The molecule has 1 aromatic carbocycles. The molecule has 3 nitrogen and oxygen atoms in total. The molecule has 0 aromatic heterocycles. The van der Waals surface area contributed by atoms with Crippen molar-refractivity contribution >= 4 is 0 Å². The standard InChI is InChI=1S/C16H23F2N3/c1-12(13-2-3-15(17)16(18)10-13)21-7-4-14(11-21)20-8-5-19-6-9-20/h2-3,10,12,14,19H,4-9,11H2,1H3. The minimum absolute atomic E-state index is 0.132. The predicted octanol–water partition coefficient (Wildman–Crippen LogP) is 2.01. The number of hydrogen-bond donors (Lipinski definition) is 1. The van der Waals surface area contributed by atoms with Crippen LogP contribution in [0.1, 0.15) is 24.9 Å². The lowest BCUT2D eigenvalue weighted by Crippen LogP contribution is -2.49. The van der Waals surface area contributed by atoms with Gasteiger partial charge in [0.2, 0.25) is 0 Å². The first-order valence-corrected chi connectivity index (χ1v) is 7.79. The fourth-order valence-electron chi connectivity index (χ4n) is 3.45. The van der Waals surface area contributed by atoms with Gasteiger partial charge in [0, 0.05) is 51.4 Å². The maximum absolute atomic E-state index is 13.4. The van der Waals surface area contributed by atoms with E-state index in [1.807, 2.05) is 0 Å².